The highest BCUT2D eigenvalue weighted by molar-refractivity contribution is 5.50. The Kier molecular flexibility index (Phi) is 3.78. The predicted molar refractivity (Wildman–Crippen MR) is 68.6 cm³/mol. The molecule has 0 aromatic carbocycles. The van der Waals surface area contributed by atoms with Crippen LogP contribution in [0.5, 0.6) is 0 Å². The summed E-state index contributed by atoms with van der Waals surface area (Å²) in [7, 11) is 1.84. The van der Waals surface area contributed by atoms with E-state index < -0.39 is 0 Å². The van der Waals surface area contributed by atoms with Crippen molar-refractivity contribution in [1.82, 2.24) is 9.97 Å². The number of nitrogens with zero attached hydrogens (tertiary/aromatic N) is 3. The molecule has 5 nitrogen and oxygen atoms in total. The number of ether oxygens (including phenoxy) is 1. The number of aryl methyl sites for hydroxylation is 1. The minimum atomic E-state index is 0.419. The van der Waals surface area contributed by atoms with Crippen LogP contribution in [0.2, 0.25) is 0 Å². The first-order valence-electron chi connectivity index (χ1n) is 6.12. The summed E-state index contributed by atoms with van der Waals surface area (Å²) in [6.45, 7) is 6.70. The highest BCUT2D eigenvalue weighted by atomic mass is 16.5. The lowest BCUT2D eigenvalue weighted by Crippen LogP contribution is -2.46. The maximum absolute atomic E-state index is 5.52. The fourth-order valence-corrected chi connectivity index (χ4v) is 2.12. The van der Waals surface area contributed by atoms with Crippen molar-refractivity contribution in [3.05, 3.63) is 11.8 Å². The maximum Gasteiger partial charge on any atom is 0.224 e. The van der Waals surface area contributed by atoms with Gasteiger partial charge >= 0.3 is 0 Å². The van der Waals surface area contributed by atoms with Gasteiger partial charge in [-0.15, -0.1) is 0 Å². The van der Waals surface area contributed by atoms with E-state index in [0.717, 1.165) is 37.6 Å². The molecule has 0 amide bonds. The Morgan fingerprint density at radius 2 is 2.41 bits per heavy atom. The normalized spacial score (nSPS) is 20.4. The Bertz CT molecular complexity index is 383. The van der Waals surface area contributed by atoms with E-state index in [1.807, 2.05) is 13.2 Å². The topological polar surface area (TPSA) is 50.3 Å². The molecule has 0 bridgehead atoms. The van der Waals surface area contributed by atoms with Crippen LogP contribution in [0.25, 0.3) is 0 Å². The van der Waals surface area contributed by atoms with Crippen molar-refractivity contribution in [3.63, 3.8) is 0 Å². The Balaban J connectivity index is 2.30. The van der Waals surface area contributed by atoms with Gasteiger partial charge in [0.1, 0.15) is 5.82 Å². The largest absolute Gasteiger partial charge is 0.377 e. The second-order valence-electron chi connectivity index (χ2n) is 4.28. The monoisotopic (exact) mass is 236 g/mol. The molecule has 1 atom stereocenters. The van der Waals surface area contributed by atoms with E-state index in [9.17, 15) is 0 Å². The van der Waals surface area contributed by atoms with Crippen LogP contribution in [0.1, 0.15) is 18.9 Å². The van der Waals surface area contributed by atoms with Crippen molar-refractivity contribution in [1.29, 1.82) is 0 Å². The Hall–Kier alpha value is -1.36. The van der Waals surface area contributed by atoms with Crippen LogP contribution >= 0.6 is 0 Å². The third-order valence-corrected chi connectivity index (χ3v) is 3.14. The van der Waals surface area contributed by atoms with Gasteiger partial charge in [0, 0.05) is 25.4 Å². The molecule has 1 N–H and O–H groups in total. The molecule has 0 aliphatic carbocycles. The zero-order valence-electron chi connectivity index (χ0n) is 10.7. The van der Waals surface area contributed by atoms with Gasteiger partial charge in [0.05, 0.1) is 19.3 Å². The average Bonchev–Trinajstić information content (AvgIpc) is 2.39. The summed E-state index contributed by atoms with van der Waals surface area (Å²) in [5.74, 6) is 1.70. The zero-order chi connectivity index (χ0) is 12.3. The molecule has 94 valence electrons. The minimum Gasteiger partial charge on any atom is -0.377 e. The third-order valence-electron chi connectivity index (χ3n) is 3.14. The van der Waals surface area contributed by atoms with Gasteiger partial charge in [-0.05, 0) is 13.3 Å². The summed E-state index contributed by atoms with van der Waals surface area (Å²) in [5.41, 5.74) is 1.12. The molecule has 5 heteroatoms. The zero-order valence-corrected chi connectivity index (χ0v) is 10.7. The van der Waals surface area contributed by atoms with Crippen LogP contribution in [0, 0.1) is 6.92 Å². The van der Waals surface area contributed by atoms with Crippen LogP contribution < -0.4 is 10.2 Å². The highest BCUT2D eigenvalue weighted by Gasteiger charge is 2.24. The van der Waals surface area contributed by atoms with E-state index in [4.69, 9.17) is 4.74 Å². The lowest BCUT2D eigenvalue weighted by atomic mass is 10.1. The van der Waals surface area contributed by atoms with E-state index in [1.165, 1.54) is 0 Å². The van der Waals surface area contributed by atoms with Crippen molar-refractivity contribution in [3.8, 4) is 0 Å². The smallest absolute Gasteiger partial charge is 0.224 e. The second kappa shape index (κ2) is 5.31. The van der Waals surface area contributed by atoms with Gasteiger partial charge in [0.15, 0.2) is 0 Å². The van der Waals surface area contributed by atoms with Crippen LogP contribution in [0.4, 0.5) is 11.8 Å². The number of rotatable bonds is 3. The molecule has 1 aromatic heterocycles. The standard InChI is InChI=1S/C12H20N4O/c1-4-10-8-17-6-5-16(10)11-9(2)7-14-12(13-3)15-11/h7,10H,4-6,8H2,1-3H3,(H,13,14,15). The van der Waals surface area contributed by atoms with Gasteiger partial charge in [0.25, 0.3) is 0 Å². The summed E-state index contributed by atoms with van der Waals surface area (Å²) in [5, 5.41) is 2.99. The van der Waals surface area contributed by atoms with Gasteiger partial charge < -0.3 is 15.0 Å². The van der Waals surface area contributed by atoms with Gasteiger partial charge in [-0.1, -0.05) is 6.92 Å². The average molecular weight is 236 g/mol. The summed E-state index contributed by atoms with van der Waals surface area (Å²) in [4.78, 5) is 11.1. The lowest BCUT2D eigenvalue weighted by molar-refractivity contribution is 0.0925. The molecule has 2 rings (SSSR count). The van der Waals surface area contributed by atoms with Crippen LogP contribution in [-0.2, 0) is 4.74 Å². The Morgan fingerprint density at radius 3 is 3.12 bits per heavy atom. The van der Waals surface area contributed by atoms with Crippen LogP contribution in [0.15, 0.2) is 6.20 Å². The summed E-state index contributed by atoms with van der Waals surface area (Å²) in [6, 6.07) is 0.419. The lowest BCUT2D eigenvalue weighted by Gasteiger charge is -2.36. The number of anilines is 2. The summed E-state index contributed by atoms with van der Waals surface area (Å²) >= 11 is 0. The van der Waals surface area contributed by atoms with Crippen LogP contribution in [0.3, 0.4) is 0 Å². The van der Waals surface area contributed by atoms with Crippen molar-refractivity contribution < 1.29 is 4.74 Å². The molecule has 1 saturated heterocycles. The Morgan fingerprint density at radius 1 is 1.59 bits per heavy atom. The van der Waals surface area contributed by atoms with E-state index in [-0.39, 0.29) is 0 Å². The van der Waals surface area contributed by atoms with Crippen LogP contribution in [-0.4, -0.2) is 42.8 Å². The summed E-state index contributed by atoms with van der Waals surface area (Å²) < 4.78 is 5.52. The highest BCUT2D eigenvalue weighted by Crippen LogP contribution is 2.23. The molecular formula is C12H20N4O. The van der Waals surface area contributed by atoms with E-state index in [1.54, 1.807) is 0 Å². The van der Waals surface area contributed by atoms with Gasteiger partial charge in [-0.25, -0.2) is 4.98 Å². The number of hydrogen-bond donors (Lipinski definition) is 1. The van der Waals surface area contributed by atoms with E-state index in [2.05, 4.69) is 34.0 Å². The fourth-order valence-electron chi connectivity index (χ4n) is 2.12. The van der Waals surface area contributed by atoms with Crippen molar-refractivity contribution >= 4 is 11.8 Å². The molecule has 0 saturated carbocycles. The molecule has 1 unspecified atom stereocenters. The predicted octanol–water partition coefficient (Wildman–Crippen LogP) is 1.44. The second-order valence-corrected chi connectivity index (χ2v) is 4.28. The van der Waals surface area contributed by atoms with Crippen molar-refractivity contribution in [2.24, 2.45) is 0 Å². The molecule has 0 spiro atoms. The fraction of sp³-hybridized carbons (Fsp3) is 0.667. The van der Waals surface area contributed by atoms with E-state index in [0.29, 0.717) is 12.0 Å². The van der Waals surface area contributed by atoms with Crippen molar-refractivity contribution in [2.75, 3.05) is 37.0 Å². The Labute approximate surface area is 102 Å². The molecule has 1 aliphatic heterocycles. The number of hydrogen-bond acceptors (Lipinski definition) is 5. The third kappa shape index (κ3) is 2.49. The van der Waals surface area contributed by atoms with Gasteiger partial charge in [0.2, 0.25) is 5.95 Å². The quantitative estimate of drug-likeness (QED) is 0.860. The molecule has 17 heavy (non-hydrogen) atoms. The number of morpholine rings is 1. The molecule has 2 heterocycles. The SMILES string of the molecule is CCC1COCCN1c1nc(NC)ncc1C. The molecule has 1 fully saturated rings. The number of nitrogens with one attached hydrogen (secondary N) is 1. The molecular weight excluding hydrogens is 216 g/mol. The molecule has 1 aliphatic rings. The first-order chi connectivity index (χ1) is 8.26. The van der Waals surface area contributed by atoms with Crippen molar-refractivity contribution in [2.45, 2.75) is 26.3 Å². The molecule has 1 aromatic rings. The first kappa shape index (κ1) is 12.1. The van der Waals surface area contributed by atoms with Gasteiger partial charge in [-0.2, -0.15) is 4.98 Å². The first-order valence-corrected chi connectivity index (χ1v) is 6.12. The van der Waals surface area contributed by atoms with E-state index >= 15 is 0 Å². The number of aromatic nitrogens is 2. The van der Waals surface area contributed by atoms with Gasteiger partial charge in [-0.3, -0.25) is 0 Å². The minimum absolute atomic E-state index is 0.419. The summed E-state index contributed by atoms with van der Waals surface area (Å²) in [6.07, 6.45) is 2.94. The maximum atomic E-state index is 5.52. The molecule has 0 radical (unpaired) electrons.